The van der Waals surface area contributed by atoms with Crippen molar-refractivity contribution in [2.45, 2.75) is 62.5 Å². The third-order valence-electron chi connectivity index (χ3n) is 5.05. The highest BCUT2D eigenvalue weighted by atomic mass is 35.5. The van der Waals surface area contributed by atoms with Gasteiger partial charge in [-0.3, -0.25) is 4.79 Å². The minimum atomic E-state index is -0.388. The summed E-state index contributed by atoms with van der Waals surface area (Å²) in [6.07, 6.45) is 6.01. The number of amides is 1. The summed E-state index contributed by atoms with van der Waals surface area (Å²) in [7, 11) is 0. The van der Waals surface area contributed by atoms with Crippen molar-refractivity contribution >= 4 is 17.5 Å². The molecular formula is C17H22ClNO2. The number of carbonyl (C=O) groups is 1. The standard InChI is InChI=1S/C17H22ClNO2/c18-13-4-1-3-12(11-13)17(9-2-10-17)16(21)19-14-5-7-15(20)8-6-14/h1,3-4,11,14-15,20H,2,5-10H2,(H,19,21). The molecule has 1 aromatic rings. The lowest BCUT2D eigenvalue weighted by Crippen LogP contribution is -2.52. The molecule has 0 atom stereocenters. The summed E-state index contributed by atoms with van der Waals surface area (Å²) >= 11 is 6.09. The van der Waals surface area contributed by atoms with Gasteiger partial charge in [-0.15, -0.1) is 0 Å². The number of carbonyl (C=O) groups excluding carboxylic acids is 1. The van der Waals surface area contributed by atoms with Gasteiger partial charge in [0, 0.05) is 11.1 Å². The third-order valence-corrected chi connectivity index (χ3v) is 5.29. The number of hydrogen-bond donors (Lipinski definition) is 2. The van der Waals surface area contributed by atoms with E-state index in [9.17, 15) is 9.90 Å². The third kappa shape index (κ3) is 2.95. The van der Waals surface area contributed by atoms with Crippen LogP contribution in [0.3, 0.4) is 0 Å². The van der Waals surface area contributed by atoms with Crippen LogP contribution in [0.1, 0.15) is 50.5 Å². The van der Waals surface area contributed by atoms with Gasteiger partial charge >= 0.3 is 0 Å². The second-order valence-electron chi connectivity index (χ2n) is 6.42. The molecule has 0 unspecified atom stereocenters. The lowest BCUT2D eigenvalue weighted by atomic mass is 9.63. The molecule has 2 fully saturated rings. The van der Waals surface area contributed by atoms with Crippen molar-refractivity contribution < 1.29 is 9.90 Å². The van der Waals surface area contributed by atoms with Crippen LogP contribution in [0, 0.1) is 0 Å². The van der Waals surface area contributed by atoms with Crippen LogP contribution >= 0.6 is 11.6 Å². The molecular weight excluding hydrogens is 286 g/mol. The minimum Gasteiger partial charge on any atom is -0.393 e. The maximum atomic E-state index is 12.8. The van der Waals surface area contributed by atoms with E-state index in [1.54, 1.807) is 0 Å². The molecule has 114 valence electrons. The van der Waals surface area contributed by atoms with Crippen molar-refractivity contribution in [3.8, 4) is 0 Å². The van der Waals surface area contributed by atoms with Crippen LogP contribution in [-0.2, 0) is 10.2 Å². The van der Waals surface area contributed by atoms with E-state index in [1.165, 1.54) is 0 Å². The monoisotopic (exact) mass is 307 g/mol. The largest absolute Gasteiger partial charge is 0.393 e. The van der Waals surface area contributed by atoms with Crippen molar-refractivity contribution in [3.63, 3.8) is 0 Å². The molecule has 1 amide bonds. The summed E-state index contributed by atoms with van der Waals surface area (Å²) < 4.78 is 0. The summed E-state index contributed by atoms with van der Waals surface area (Å²) in [4.78, 5) is 12.8. The first kappa shape index (κ1) is 14.9. The zero-order valence-corrected chi connectivity index (χ0v) is 12.9. The summed E-state index contributed by atoms with van der Waals surface area (Å²) in [5, 5.41) is 13.5. The average molecular weight is 308 g/mol. The fraction of sp³-hybridized carbons (Fsp3) is 0.588. The van der Waals surface area contributed by atoms with Crippen LogP contribution in [0.2, 0.25) is 5.02 Å². The van der Waals surface area contributed by atoms with Crippen LogP contribution in [0.25, 0.3) is 0 Å². The van der Waals surface area contributed by atoms with E-state index < -0.39 is 0 Å². The predicted molar refractivity (Wildman–Crippen MR) is 83.4 cm³/mol. The molecule has 2 N–H and O–H groups in total. The molecule has 0 saturated heterocycles. The van der Waals surface area contributed by atoms with Crippen molar-refractivity contribution in [3.05, 3.63) is 34.9 Å². The number of hydrogen-bond acceptors (Lipinski definition) is 2. The highest BCUT2D eigenvalue weighted by Crippen LogP contribution is 2.44. The quantitative estimate of drug-likeness (QED) is 0.901. The molecule has 0 aromatic heterocycles. The molecule has 3 nitrogen and oxygen atoms in total. The van der Waals surface area contributed by atoms with E-state index >= 15 is 0 Å². The van der Waals surface area contributed by atoms with Gasteiger partial charge in [0.05, 0.1) is 11.5 Å². The Kier molecular flexibility index (Phi) is 4.23. The Balaban J connectivity index is 1.72. The second-order valence-corrected chi connectivity index (χ2v) is 6.86. The zero-order valence-electron chi connectivity index (χ0n) is 12.1. The smallest absolute Gasteiger partial charge is 0.230 e. The summed E-state index contributed by atoms with van der Waals surface area (Å²) in [6, 6.07) is 7.90. The molecule has 2 aliphatic rings. The number of aliphatic hydroxyl groups excluding tert-OH is 1. The van der Waals surface area contributed by atoms with E-state index in [0.29, 0.717) is 5.02 Å². The van der Waals surface area contributed by atoms with Crippen molar-refractivity contribution in [1.29, 1.82) is 0 Å². The SMILES string of the molecule is O=C(NC1CCC(O)CC1)C1(c2cccc(Cl)c2)CCC1. The Labute approximate surface area is 130 Å². The maximum absolute atomic E-state index is 12.8. The Hall–Kier alpha value is -1.06. The maximum Gasteiger partial charge on any atom is 0.230 e. The Morgan fingerprint density at radius 2 is 1.95 bits per heavy atom. The zero-order chi connectivity index (χ0) is 14.9. The van der Waals surface area contributed by atoms with Crippen molar-refractivity contribution in [2.24, 2.45) is 0 Å². The first-order chi connectivity index (χ1) is 10.1. The number of aliphatic hydroxyl groups is 1. The first-order valence-corrected chi connectivity index (χ1v) is 8.23. The summed E-state index contributed by atoms with van der Waals surface area (Å²) in [6.45, 7) is 0. The highest BCUT2D eigenvalue weighted by molar-refractivity contribution is 6.30. The Morgan fingerprint density at radius 3 is 2.52 bits per heavy atom. The second kappa shape index (κ2) is 5.98. The fourth-order valence-electron chi connectivity index (χ4n) is 3.51. The van der Waals surface area contributed by atoms with Gasteiger partial charge in [0.25, 0.3) is 0 Å². The van der Waals surface area contributed by atoms with Gasteiger partial charge < -0.3 is 10.4 Å². The van der Waals surface area contributed by atoms with Gasteiger partial charge in [0.2, 0.25) is 5.91 Å². The van der Waals surface area contributed by atoms with Crippen molar-refractivity contribution in [2.75, 3.05) is 0 Å². The van der Waals surface area contributed by atoms with Gasteiger partial charge in [-0.25, -0.2) is 0 Å². The van der Waals surface area contributed by atoms with E-state index in [-0.39, 0.29) is 23.5 Å². The Morgan fingerprint density at radius 1 is 1.24 bits per heavy atom. The van der Waals surface area contributed by atoms with Gasteiger partial charge in [0.15, 0.2) is 0 Å². The number of rotatable bonds is 3. The molecule has 0 spiro atoms. The molecule has 0 bridgehead atoms. The molecule has 2 saturated carbocycles. The van der Waals surface area contributed by atoms with E-state index in [2.05, 4.69) is 5.32 Å². The van der Waals surface area contributed by atoms with Crippen LogP contribution in [0.5, 0.6) is 0 Å². The summed E-state index contributed by atoms with van der Waals surface area (Å²) in [5.74, 6) is 0.136. The number of nitrogens with one attached hydrogen (secondary N) is 1. The van der Waals surface area contributed by atoms with E-state index in [4.69, 9.17) is 11.6 Å². The molecule has 0 radical (unpaired) electrons. The van der Waals surface area contributed by atoms with Gasteiger partial charge in [0.1, 0.15) is 0 Å². The van der Waals surface area contributed by atoms with Crippen LogP contribution in [0.15, 0.2) is 24.3 Å². The van der Waals surface area contributed by atoms with E-state index in [0.717, 1.165) is 50.5 Å². The van der Waals surface area contributed by atoms with Crippen LogP contribution in [0.4, 0.5) is 0 Å². The average Bonchev–Trinajstić information content (AvgIpc) is 2.40. The lowest BCUT2D eigenvalue weighted by molar-refractivity contribution is -0.131. The fourth-order valence-corrected chi connectivity index (χ4v) is 3.70. The molecule has 21 heavy (non-hydrogen) atoms. The van der Waals surface area contributed by atoms with Crippen LogP contribution < -0.4 is 5.32 Å². The van der Waals surface area contributed by atoms with Crippen LogP contribution in [-0.4, -0.2) is 23.2 Å². The molecule has 1 aromatic carbocycles. The van der Waals surface area contributed by atoms with E-state index in [1.807, 2.05) is 24.3 Å². The molecule has 3 rings (SSSR count). The lowest BCUT2D eigenvalue weighted by Gasteiger charge is -2.42. The van der Waals surface area contributed by atoms with Gasteiger partial charge in [-0.05, 0) is 56.2 Å². The first-order valence-electron chi connectivity index (χ1n) is 7.85. The molecule has 2 aliphatic carbocycles. The normalized spacial score (nSPS) is 27.7. The molecule has 4 heteroatoms. The molecule has 0 heterocycles. The summed E-state index contributed by atoms with van der Waals surface area (Å²) in [5.41, 5.74) is 0.649. The highest BCUT2D eigenvalue weighted by Gasteiger charge is 2.46. The number of benzene rings is 1. The van der Waals surface area contributed by atoms with Gasteiger partial charge in [-0.1, -0.05) is 30.2 Å². The minimum absolute atomic E-state index is 0.136. The predicted octanol–water partition coefficient (Wildman–Crippen LogP) is 3.18. The Bertz CT molecular complexity index is 519. The van der Waals surface area contributed by atoms with Gasteiger partial charge in [-0.2, -0.15) is 0 Å². The van der Waals surface area contributed by atoms with Crippen molar-refractivity contribution in [1.82, 2.24) is 5.32 Å². The number of halogens is 1. The molecule has 0 aliphatic heterocycles. The topological polar surface area (TPSA) is 49.3 Å².